The van der Waals surface area contributed by atoms with Crippen molar-refractivity contribution >= 4 is 32.8 Å². The predicted molar refractivity (Wildman–Crippen MR) is 64.4 cm³/mol. The third-order valence-electron chi connectivity index (χ3n) is 2.69. The Morgan fingerprint density at radius 1 is 1.29 bits per heavy atom. The lowest BCUT2D eigenvalue weighted by atomic mass is 10.1. The summed E-state index contributed by atoms with van der Waals surface area (Å²) in [7, 11) is 0. The minimum atomic E-state index is -2.60. The van der Waals surface area contributed by atoms with Gasteiger partial charge in [-0.15, -0.1) is 0 Å². The number of benzene rings is 1. The van der Waals surface area contributed by atoms with Crippen molar-refractivity contribution in [2.75, 3.05) is 18.0 Å². The zero-order valence-electron chi connectivity index (χ0n) is 8.70. The van der Waals surface area contributed by atoms with Gasteiger partial charge in [-0.05, 0) is 12.1 Å². The Bertz CT molecular complexity index is 580. The SMILES string of the molecule is FC1(F)CN(c2ncc3c(Br)cccc3n2)C1. The summed E-state index contributed by atoms with van der Waals surface area (Å²) in [6, 6.07) is 5.58. The largest absolute Gasteiger partial charge is 0.329 e. The summed E-state index contributed by atoms with van der Waals surface area (Å²) in [5.41, 5.74) is 0.750. The molecule has 2 heterocycles. The van der Waals surface area contributed by atoms with Gasteiger partial charge in [0.1, 0.15) is 0 Å². The van der Waals surface area contributed by atoms with Crippen molar-refractivity contribution in [2.24, 2.45) is 0 Å². The highest BCUT2D eigenvalue weighted by molar-refractivity contribution is 9.10. The van der Waals surface area contributed by atoms with Crippen molar-refractivity contribution in [3.8, 4) is 0 Å². The number of hydrogen-bond acceptors (Lipinski definition) is 3. The van der Waals surface area contributed by atoms with Crippen LogP contribution in [-0.4, -0.2) is 29.0 Å². The lowest BCUT2D eigenvalue weighted by Gasteiger charge is -2.38. The average Bonchev–Trinajstić information content (AvgIpc) is 2.25. The second-order valence-corrected chi connectivity index (χ2v) is 4.91. The zero-order chi connectivity index (χ0) is 12.0. The van der Waals surface area contributed by atoms with E-state index in [9.17, 15) is 8.78 Å². The number of aromatic nitrogens is 2. The molecule has 1 aliphatic heterocycles. The van der Waals surface area contributed by atoms with Crippen LogP contribution in [0.2, 0.25) is 0 Å². The smallest absolute Gasteiger partial charge is 0.282 e. The molecular weight excluding hydrogens is 292 g/mol. The van der Waals surface area contributed by atoms with Crippen LogP contribution in [0.4, 0.5) is 14.7 Å². The molecule has 2 aromatic rings. The van der Waals surface area contributed by atoms with Crippen LogP contribution in [0.3, 0.4) is 0 Å². The minimum Gasteiger partial charge on any atom is -0.329 e. The monoisotopic (exact) mass is 299 g/mol. The van der Waals surface area contributed by atoms with Gasteiger partial charge in [0.05, 0.1) is 18.6 Å². The first kappa shape index (κ1) is 10.8. The first-order valence-corrected chi connectivity index (χ1v) is 5.88. The highest BCUT2D eigenvalue weighted by Gasteiger charge is 2.45. The van der Waals surface area contributed by atoms with E-state index >= 15 is 0 Å². The van der Waals surface area contributed by atoms with E-state index in [1.54, 1.807) is 6.20 Å². The number of anilines is 1. The molecule has 0 bridgehead atoms. The van der Waals surface area contributed by atoms with Crippen LogP contribution in [-0.2, 0) is 0 Å². The van der Waals surface area contributed by atoms with Crippen LogP contribution in [0.1, 0.15) is 0 Å². The standard InChI is InChI=1S/C11H8BrF2N3/c12-8-2-1-3-9-7(8)4-15-10(16-9)17-5-11(13,14)6-17/h1-4H,5-6H2. The Morgan fingerprint density at radius 2 is 2.06 bits per heavy atom. The molecular formula is C11H8BrF2N3. The Morgan fingerprint density at radius 3 is 2.76 bits per heavy atom. The third kappa shape index (κ3) is 1.86. The fraction of sp³-hybridized carbons (Fsp3) is 0.273. The second kappa shape index (κ2) is 3.60. The quantitative estimate of drug-likeness (QED) is 0.811. The first-order chi connectivity index (χ1) is 8.05. The molecule has 17 heavy (non-hydrogen) atoms. The molecule has 0 spiro atoms. The molecule has 3 nitrogen and oxygen atoms in total. The van der Waals surface area contributed by atoms with Crippen molar-refractivity contribution < 1.29 is 8.78 Å². The van der Waals surface area contributed by atoms with E-state index in [0.29, 0.717) is 5.95 Å². The maximum Gasteiger partial charge on any atom is 0.282 e. The maximum atomic E-state index is 12.7. The van der Waals surface area contributed by atoms with E-state index in [4.69, 9.17) is 0 Å². The molecule has 3 rings (SSSR count). The van der Waals surface area contributed by atoms with Crippen LogP contribution in [0.25, 0.3) is 10.9 Å². The summed E-state index contributed by atoms with van der Waals surface area (Å²) in [5.74, 6) is -2.24. The van der Waals surface area contributed by atoms with Crippen molar-refractivity contribution in [2.45, 2.75) is 5.92 Å². The molecule has 0 aliphatic carbocycles. The van der Waals surface area contributed by atoms with Crippen LogP contribution in [0.5, 0.6) is 0 Å². The molecule has 0 radical (unpaired) electrons. The molecule has 0 saturated carbocycles. The molecule has 1 aromatic heterocycles. The van der Waals surface area contributed by atoms with E-state index in [-0.39, 0.29) is 13.1 Å². The second-order valence-electron chi connectivity index (χ2n) is 4.05. The maximum absolute atomic E-state index is 12.7. The summed E-state index contributed by atoms with van der Waals surface area (Å²) < 4.78 is 26.4. The molecule has 1 aromatic carbocycles. The Kier molecular flexibility index (Phi) is 2.29. The van der Waals surface area contributed by atoms with Crippen LogP contribution in [0.15, 0.2) is 28.9 Å². The summed E-state index contributed by atoms with van der Waals surface area (Å²) in [6.45, 7) is -0.598. The van der Waals surface area contributed by atoms with Gasteiger partial charge in [0.15, 0.2) is 0 Å². The molecule has 6 heteroatoms. The topological polar surface area (TPSA) is 29.0 Å². The van der Waals surface area contributed by atoms with Gasteiger partial charge in [-0.1, -0.05) is 22.0 Å². The van der Waals surface area contributed by atoms with Gasteiger partial charge in [-0.3, -0.25) is 0 Å². The van der Waals surface area contributed by atoms with Crippen molar-refractivity contribution in [1.82, 2.24) is 9.97 Å². The molecule has 1 aliphatic rings. The highest BCUT2D eigenvalue weighted by atomic mass is 79.9. The summed E-state index contributed by atoms with van der Waals surface area (Å²) >= 11 is 3.39. The molecule has 0 atom stereocenters. The summed E-state index contributed by atoms with van der Waals surface area (Å²) in [6.07, 6.45) is 1.65. The van der Waals surface area contributed by atoms with Crippen molar-refractivity contribution in [3.63, 3.8) is 0 Å². The molecule has 88 valence electrons. The summed E-state index contributed by atoms with van der Waals surface area (Å²) in [5, 5.41) is 0.878. The van der Waals surface area contributed by atoms with E-state index < -0.39 is 5.92 Å². The number of rotatable bonds is 1. The van der Waals surface area contributed by atoms with Gasteiger partial charge in [0.25, 0.3) is 5.92 Å². The number of nitrogens with zero attached hydrogens (tertiary/aromatic N) is 3. The Labute approximate surface area is 105 Å². The molecule has 0 N–H and O–H groups in total. The molecule has 0 unspecified atom stereocenters. The average molecular weight is 300 g/mol. The minimum absolute atomic E-state index is 0.299. The number of hydrogen-bond donors (Lipinski definition) is 0. The Balaban J connectivity index is 1.98. The van der Waals surface area contributed by atoms with E-state index in [2.05, 4.69) is 25.9 Å². The van der Waals surface area contributed by atoms with Gasteiger partial charge in [-0.2, -0.15) is 0 Å². The Hall–Kier alpha value is -1.30. The number of fused-ring (bicyclic) bond motifs is 1. The van der Waals surface area contributed by atoms with Crippen molar-refractivity contribution in [3.05, 3.63) is 28.9 Å². The molecule has 1 saturated heterocycles. The van der Waals surface area contributed by atoms with E-state index in [0.717, 1.165) is 15.4 Å². The fourth-order valence-electron chi connectivity index (χ4n) is 1.82. The van der Waals surface area contributed by atoms with Crippen LogP contribution < -0.4 is 4.90 Å². The lowest BCUT2D eigenvalue weighted by molar-refractivity contribution is -0.0271. The van der Waals surface area contributed by atoms with Gasteiger partial charge in [0, 0.05) is 16.1 Å². The van der Waals surface area contributed by atoms with Crippen molar-refractivity contribution in [1.29, 1.82) is 0 Å². The van der Waals surface area contributed by atoms with E-state index in [1.165, 1.54) is 4.90 Å². The number of alkyl halides is 2. The predicted octanol–water partition coefficient (Wildman–Crippen LogP) is 2.85. The fourth-order valence-corrected chi connectivity index (χ4v) is 2.27. The third-order valence-corrected chi connectivity index (χ3v) is 3.38. The van der Waals surface area contributed by atoms with E-state index in [1.807, 2.05) is 18.2 Å². The van der Waals surface area contributed by atoms with Gasteiger partial charge >= 0.3 is 0 Å². The molecule has 0 amide bonds. The van der Waals surface area contributed by atoms with Crippen LogP contribution >= 0.6 is 15.9 Å². The first-order valence-electron chi connectivity index (χ1n) is 5.09. The number of halogens is 3. The normalized spacial score (nSPS) is 18.2. The van der Waals surface area contributed by atoms with Gasteiger partial charge < -0.3 is 4.90 Å². The summed E-state index contributed by atoms with van der Waals surface area (Å²) in [4.78, 5) is 9.85. The van der Waals surface area contributed by atoms with Gasteiger partial charge in [-0.25, -0.2) is 18.7 Å². The molecule has 1 fully saturated rings. The lowest BCUT2D eigenvalue weighted by Crippen LogP contribution is -2.57. The highest BCUT2D eigenvalue weighted by Crippen LogP contribution is 2.31. The zero-order valence-corrected chi connectivity index (χ0v) is 10.3. The van der Waals surface area contributed by atoms with Crippen LogP contribution in [0, 0.1) is 0 Å². The van der Waals surface area contributed by atoms with Gasteiger partial charge in [0.2, 0.25) is 5.95 Å².